The zero-order valence-corrected chi connectivity index (χ0v) is 12.9. The minimum atomic E-state index is -0.308. The first-order valence-corrected chi connectivity index (χ1v) is 7.48. The van der Waals surface area contributed by atoms with Crippen molar-refractivity contribution in [1.82, 2.24) is 15.3 Å². The molecule has 0 aliphatic rings. The fraction of sp³-hybridized carbons (Fsp3) is 0.167. The summed E-state index contributed by atoms with van der Waals surface area (Å²) < 4.78 is 0. The predicted octanol–water partition coefficient (Wildman–Crippen LogP) is 2.40. The number of likely N-dealkylation sites (N-methyl/N-ethyl adjacent to an activating group) is 1. The summed E-state index contributed by atoms with van der Waals surface area (Å²) >= 11 is 0. The predicted molar refractivity (Wildman–Crippen MR) is 91.2 cm³/mol. The number of aromatic nitrogens is 2. The van der Waals surface area contributed by atoms with E-state index in [0.29, 0.717) is 6.42 Å². The molecule has 0 fully saturated rings. The Labute approximate surface area is 134 Å². The van der Waals surface area contributed by atoms with Crippen LogP contribution in [0.4, 0.5) is 5.69 Å². The molecule has 5 heteroatoms. The number of nitrogens with one attached hydrogen (secondary N) is 2. The van der Waals surface area contributed by atoms with Crippen molar-refractivity contribution < 1.29 is 4.79 Å². The molecule has 0 spiro atoms. The van der Waals surface area contributed by atoms with Crippen molar-refractivity contribution in [2.45, 2.75) is 12.5 Å². The largest absolute Gasteiger partial charge is 0.324 e. The maximum atomic E-state index is 12.6. The SMILES string of the molecule is CNC(Cc1ccccc1)C(=O)Nc1ccnc2ccncc12. The first-order chi connectivity index (χ1) is 11.3. The molecule has 0 saturated carbocycles. The van der Waals surface area contributed by atoms with Gasteiger partial charge in [0.2, 0.25) is 5.91 Å². The first kappa shape index (κ1) is 15.1. The van der Waals surface area contributed by atoms with Gasteiger partial charge in [0.15, 0.2) is 0 Å². The molecule has 1 atom stereocenters. The number of hydrogen-bond acceptors (Lipinski definition) is 4. The summed E-state index contributed by atoms with van der Waals surface area (Å²) in [6, 6.07) is 13.3. The van der Waals surface area contributed by atoms with Crippen molar-refractivity contribution in [1.29, 1.82) is 0 Å². The highest BCUT2D eigenvalue weighted by atomic mass is 16.2. The monoisotopic (exact) mass is 306 g/mol. The van der Waals surface area contributed by atoms with Crippen LogP contribution in [-0.4, -0.2) is 29.0 Å². The lowest BCUT2D eigenvalue weighted by molar-refractivity contribution is -0.118. The molecule has 23 heavy (non-hydrogen) atoms. The van der Waals surface area contributed by atoms with E-state index in [-0.39, 0.29) is 11.9 Å². The van der Waals surface area contributed by atoms with Crippen LogP contribution in [0.25, 0.3) is 10.9 Å². The van der Waals surface area contributed by atoms with Crippen LogP contribution in [-0.2, 0) is 11.2 Å². The Balaban J connectivity index is 1.79. The van der Waals surface area contributed by atoms with Crippen LogP contribution in [0.3, 0.4) is 0 Å². The lowest BCUT2D eigenvalue weighted by Gasteiger charge is -2.17. The van der Waals surface area contributed by atoms with Gasteiger partial charge in [-0.2, -0.15) is 0 Å². The van der Waals surface area contributed by atoms with Crippen molar-refractivity contribution in [3.63, 3.8) is 0 Å². The van der Waals surface area contributed by atoms with Gasteiger partial charge in [0.25, 0.3) is 0 Å². The van der Waals surface area contributed by atoms with Gasteiger partial charge in [0.1, 0.15) is 0 Å². The number of anilines is 1. The van der Waals surface area contributed by atoms with Gasteiger partial charge in [-0.15, -0.1) is 0 Å². The lowest BCUT2D eigenvalue weighted by atomic mass is 10.1. The topological polar surface area (TPSA) is 66.9 Å². The van der Waals surface area contributed by atoms with Crippen molar-refractivity contribution in [3.05, 3.63) is 66.6 Å². The van der Waals surface area contributed by atoms with Crippen LogP contribution in [0.1, 0.15) is 5.56 Å². The molecule has 2 N–H and O–H groups in total. The van der Waals surface area contributed by atoms with Crippen molar-refractivity contribution in [2.75, 3.05) is 12.4 Å². The number of pyridine rings is 2. The molecule has 1 amide bonds. The van der Waals surface area contributed by atoms with Crippen LogP contribution >= 0.6 is 0 Å². The highest BCUT2D eigenvalue weighted by molar-refractivity contribution is 6.02. The third kappa shape index (κ3) is 3.52. The molecule has 0 aliphatic carbocycles. The van der Waals surface area contributed by atoms with Gasteiger partial charge in [-0.1, -0.05) is 30.3 Å². The van der Waals surface area contributed by atoms with Crippen LogP contribution in [0, 0.1) is 0 Å². The van der Waals surface area contributed by atoms with Gasteiger partial charge in [-0.25, -0.2) is 0 Å². The van der Waals surface area contributed by atoms with E-state index >= 15 is 0 Å². The Morgan fingerprint density at radius 3 is 2.74 bits per heavy atom. The van der Waals surface area contributed by atoms with Crippen LogP contribution in [0.5, 0.6) is 0 Å². The summed E-state index contributed by atoms with van der Waals surface area (Å²) in [5.41, 5.74) is 2.64. The number of carbonyl (C=O) groups excluding carboxylic acids is 1. The smallest absolute Gasteiger partial charge is 0.241 e. The van der Waals surface area contributed by atoms with Gasteiger partial charge in [-0.3, -0.25) is 14.8 Å². The number of nitrogens with zero attached hydrogens (tertiary/aromatic N) is 2. The standard InChI is InChI=1S/C18H18N4O/c1-19-17(11-13-5-3-2-4-6-13)18(23)22-16-8-10-21-15-7-9-20-12-14(15)16/h2-10,12,17,19H,11H2,1H3,(H,21,22,23). The molecular formula is C18H18N4O. The highest BCUT2D eigenvalue weighted by Gasteiger charge is 2.17. The van der Waals surface area contributed by atoms with Gasteiger partial charge in [-0.05, 0) is 31.2 Å². The average Bonchev–Trinajstić information content (AvgIpc) is 2.61. The average molecular weight is 306 g/mol. The van der Waals surface area contributed by atoms with Crippen molar-refractivity contribution in [3.8, 4) is 0 Å². The number of amides is 1. The summed E-state index contributed by atoms with van der Waals surface area (Å²) in [4.78, 5) is 21.0. The van der Waals surface area contributed by atoms with E-state index in [1.165, 1.54) is 0 Å². The number of rotatable bonds is 5. The summed E-state index contributed by atoms with van der Waals surface area (Å²) in [6.07, 6.45) is 5.71. The normalized spacial score (nSPS) is 12.0. The number of benzene rings is 1. The third-order valence-corrected chi connectivity index (χ3v) is 3.75. The fourth-order valence-electron chi connectivity index (χ4n) is 2.49. The molecule has 2 aromatic heterocycles. The van der Waals surface area contributed by atoms with E-state index < -0.39 is 0 Å². The summed E-state index contributed by atoms with van der Waals surface area (Å²) in [6.45, 7) is 0. The molecular weight excluding hydrogens is 288 g/mol. The van der Waals surface area contributed by atoms with Gasteiger partial charge in [0, 0.05) is 24.0 Å². The van der Waals surface area contributed by atoms with E-state index in [9.17, 15) is 4.79 Å². The Hall–Kier alpha value is -2.79. The second-order valence-corrected chi connectivity index (χ2v) is 5.27. The third-order valence-electron chi connectivity index (χ3n) is 3.75. The minimum absolute atomic E-state index is 0.0762. The Morgan fingerprint density at radius 1 is 1.13 bits per heavy atom. The van der Waals surface area contributed by atoms with Crippen LogP contribution < -0.4 is 10.6 Å². The minimum Gasteiger partial charge on any atom is -0.324 e. The molecule has 3 rings (SSSR count). The number of carbonyl (C=O) groups is 1. The maximum Gasteiger partial charge on any atom is 0.241 e. The fourth-order valence-corrected chi connectivity index (χ4v) is 2.49. The zero-order chi connectivity index (χ0) is 16.1. The first-order valence-electron chi connectivity index (χ1n) is 7.48. The molecule has 0 saturated heterocycles. The molecule has 0 aliphatic heterocycles. The van der Waals surface area contributed by atoms with Gasteiger partial charge >= 0.3 is 0 Å². The van der Waals surface area contributed by atoms with Crippen molar-refractivity contribution in [2.24, 2.45) is 0 Å². The number of hydrogen-bond donors (Lipinski definition) is 2. The highest BCUT2D eigenvalue weighted by Crippen LogP contribution is 2.20. The molecule has 1 unspecified atom stereocenters. The Bertz CT molecular complexity index is 799. The van der Waals surface area contributed by atoms with Crippen LogP contribution in [0.2, 0.25) is 0 Å². The van der Waals surface area contributed by atoms with E-state index in [0.717, 1.165) is 22.2 Å². The summed E-state index contributed by atoms with van der Waals surface area (Å²) in [7, 11) is 1.79. The molecule has 5 nitrogen and oxygen atoms in total. The summed E-state index contributed by atoms with van der Waals surface area (Å²) in [5, 5.41) is 6.88. The molecule has 0 bridgehead atoms. The van der Waals surface area contributed by atoms with E-state index in [4.69, 9.17) is 0 Å². The molecule has 1 aromatic carbocycles. The second-order valence-electron chi connectivity index (χ2n) is 5.27. The van der Waals surface area contributed by atoms with Crippen molar-refractivity contribution >= 4 is 22.5 Å². The zero-order valence-electron chi connectivity index (χ0n) is 12.9. The van der Waals surface area contributed by atoms with Crippen LogP contribution in [0.15, 0.2) is 61.1 Å². The molecule has 116 valence electrons. The molecule has 0 radical (unpaired) electrons. The second kappa shape index (κ2) is 6.98. The Kier molecular flexibility index (Phi) is 4.59. The summed E-state index contributed by atoms with van der Waals surface area (Å²) in [5.74, 6) is -0.0762. The van der Waals surface area contributed by atoms with Gasteiger partial charge < -0.3 is 10.6 Å². The quantitative estimate of drug-likeness (QED) is 0.759. The number of fused-ring (bicyclic) bond motifs is 1. The maximum absolute atomic E-state index is 12.6. The van der Waals surface area contributed by atoms with E-state index in [1.54, 1.807) is 31.7 Å². The molecule has 3 aromatic rings. The Morgan fingerprint density at radius 2 is 1.96 bits per heavy atom. The molecule has 2 heterocycles. The van der Waals surface area contributed by atoms with Gasteiger partial charge in [0.05, 0.1) is 17.2 Å². The lowest BCUT2D eigenvalue weighted by Crippen LogP contribution is -2.40. The van der Waals surface area contributed by atoms with E-state index in [1.807, 2.05) is 36.4 Å². The van der Waals surface area contributed by atoms with E-state index in [2.05, 4.69) is 20.6 Å².